The van der Waals surface area contributed by atoms with E-state index in [9.17, 15) is 14.4 Å². The van der Waals surface area contributed by atoms with Gasteiger partial charge in [-0.15, -0.1) is 0 Å². The van der Waals surface area contributed by atoms with Gasteiger partial charge in [-0.25, -0.2) is 9.69 Å². The van der Waals surface area contributed by atoms with E-state index in [0.717, 1.165) is 4.90 Å². The molecule has 2 saturated heterocycles. The first kappa shape index (κ1) is 12.6. The first-order valence-electron chi connectivity index (χ1n) is 6.35. The number of imide groups is 1. The van der Waals surface area contributed by atoms with E-state index < -0.39 is 6.09 Å². The third-order valence-electron chi connectivity index (χ3n) is 3.51. The number of aromatic nitrogens is 1. The number of rotatable bonds is 2. The molecule has 7 nitrogen and oxygen atoms in total. The third kappa shape index (κ3) is 2.11. The molecule has 0 radical (unpaired) electrons. The molecule has 0 spiro atoms. The second-order valence-corrected chi connectivity index (χ2v) is 4.75. The van der Waals surface area contributed by atoms with Gasteiger partial charge < -0.3 is 9.64 Å². The summed E-state index contributed by atoms with van der Waals surface area (Å²) in [7, 11) is 0. The van der Waals surface area contributed by atoms with Crippen LogP contribution in [0, 0.1) is 0 Å². The molecular weight excluding hydrogens is 262 g/mol. The monoisotopic (exact) mass is 275 g/mol. The average molecular weight is 275 g/mol. The lowest BCUT2D eigenvalue weighted by Gasteiger charge is -2.20. The molecule has 0 aliphatic carbocycles. The fourth-order valence-electron chi connectivity index (χ4n) is 2.53. The number of carbonyl (C=O) groups is 3. The fraction of sp³-hybridized carbons (Fsp3) is 0.385. The molecule has 0 aromatic carbocycles. The largest absolute Gasteiger partial charge is 0.439 e. The van der Waals surface area contributed by atoms with E-state index in [1.807, 2.05) is 0 Å². The van der Waals surface area contributed by atoms with Gasteiger partial charge in [0, 0.05) is 25.5 Å². The Bertz CT molecular complexity index is 544. The molecule has 2 fully saturated rings. The molecule has 1 atom stereocenters. The number of cyclic esters (lactones) is 1. The quantitative estimate of drug-likeness (QED) is 0.774. The summed E-state index contributed by atoms with van der Waals surface area (Å²) in [5, 5.41) is 0. The van der Waals surface area contributed by atoms with Gasteiger partial charge in [0.15, 0.2) is 6.61 Å². The van der Waals surface area contributed by atoms with Crippen LogP contribution in [0.4, 0.5) is 4.79 Å². The lowest BCUT2D eigenvalue weighted by molar-refractivity contribution is -0.127. The average Bonchev–Trinajstić information content (AvgIpc) is 3.06. The van der Waals surface area contributed by atoms with E-state index in [-0.39, 0.29) is 24.5 Å². The third-order valence-corrected chi connectivity index (χ3v) is 3.51. The zero-order valence-corrected chi connectivity index (χ0v) is 10.7. The number of likely N-dealkylation sites (tertiary alicyclic amines) is 1. The summed E-state index contributed by atoms with van der Waals surface area (Å²) >= 11 is 0. The molecule has 1 aromatic heterocycles. The number of hydrogen-bond donors (Lipinski definition) is 0. The minimum absolute atomic E-state index is 0.138. The topological polar surface area (TPSA) is 79.8 Å². The summed E-state index contributed by atoms with van der Waals surface area (Å²) in [5.74, 6) is -0.476. The van der Waals surface area contributed by atoms with Crippen molar-refractivity contribution in [2.24, 2.45) is 0 Å². The van der Waals surface area contributed by atoms with Gasteiger partial charge in [0.25, 0.3) is 11.8 Å². The molecule has 0 bridgehead atoms. The lowest BCUT2D eigenvalue weighted by Crippen LogP contribution is -2.42. The standard InChI is InChI=1S/C13H13N3O4/c17-11-8-20-13(19)16(11)10-3-5-15(7-10)12(18)9-2-1-4-14-6-9/h1-2,4,6,10H,3,5,7-8H2/t10-/m0/s1. The van der Waals surface area contributed by atoms with Crippen molar-refractivity contribution in [1.29, 1.82) is 0 Å². The zero-order valence-electron chi connectivity index (χ0n) is 10.7. The summed E-state index contributed by atoms with van der Waals surface area (Å²) in [5.41, 5.74) is 0.503. The predicted octanol–water partition coefficient (Wildman–Crippen LogP) is 0.275. The maximum absolute atomic E-state index is 12.2. The predicted molar refractivity (Wildman–Crippen MR) is 66.7 cm³/mol. The van der Waals surface area contributed by atoms with Gasteiger partial charge in [0.1, 0.15) is 0 Å². The Kier molecular flexibility index (Phi) is 3.09. The van der Waals surface area contributed by atoms with E-state index in [1.54, 1.807) is 23.2 Å². The summed E-state index contributed by atoms with van der Waals surface area (Å²) in [6.07, 6.45) is 3.07. The lowest BCUT2D eigenvalue weighted by atomic mass is 10.2. The molecule has 7 heteroatoms. The molecule has 104 valence electrons. The fourth-order valence-corrected chi connectivity index (χ4v) is 2.53. The normalized spacial score (nSPS) is 22.3. The molecule has 1 aromatic rings. The van der Waals surface area contributed by atoms with Gasteiger partial charge in [-0.2, -0.15) is 0 Å². The number of pyridine rings is 1. The first-order chi connectivity index (χ1) is 9.66. The molecule has 0 N–H and O–H groups in total. The van der Waals surface area contributed by atoms with Crippen molar-refractivity contribution in [2.75, 3.05) is 19.7 Å². The number of nitrogens with zero attached hydrogens (tertiary/aromatic N) is 3. The van der Waals surface area contributed by atoms with Crippen molar-refractivity contribution >= 4 is 17.9 Å². The summed E-state index contributed by atoms with van der Waals surface area (Å²) < 4.78 is 4.69. The Balaban J connectivity index is 1.69. The van der Waals surface area contributed by atoms with E-state index in [1.165, 1.54) is 6.20 Å². The highest BCUT2D eigenvalue weighted by Gasteiger charge is 2.41. The molecule has 20 heavy (non-hydrogen) atoms. The van der Waals surface area contributed by atoms with Crippen molar-refractivity contribution in [3.63, 3.8) is 0 Å². The van der Waals surface area contributed by atoms with Crippen LogP contribution in [0.1, 0.15) is 16.8 Å². The number of ether oxygens (including phenoxy) is 1. The van der Waals surface area contributed by atoms with Crippen LogP contribution in [0.15, 0.2) is 24.5 Å². The summed E-state index contributed by atoms with van der Waals surface area (Å²) in [4.78, 5) is 42.0. The van der Waals surface area contributed by atoms with Crippen LogP contribution in [-0.2, 0) is 9.53 Å². The van der Waals surface area contributed by atoms with Gasteiger partial charge >= 0.3 is 6.09 Å². The molecule has 3 heterocycles. The molecular formula is C13H13N3O4. The van der Waals surface area contributed by atoms with E-state index >= 15 is 0 Å². The SMILES string of the molecule is O=C(c1cccnc1)N1CC[C@H](N2C(=O)COC2=O)C1. The van der Waals surface area contributed by atoms with Crippen molar-refractivity contribution < 1.29 is 19.1 Å². The molecule has 2 aliphatic rings. The molecule has 2 aliphatic heterocycles. The van der Waals surface area contributed by atoms with E-state index in [4.69, 9.17) is 4.74 Å². The minimum atomic E-state index is -0.615. The van der Waals surface area contributed by atoms with Crippen LogP contribution >= 0.6 is 0 Å². The minimum Gasteiger partial charge on any atom is -0.439 e. The molecule has 3 amide bonds. The van der Waals surface area contributed by atoms with Crippen LogP contribution in [0.5, 0.6) is 0 Å². The van der Waals surface area contributed by atoms with E-state index in [0.29, 0.717) is 25.1 Å². The number of amides is 3. The zero-order chi connectivity index (χ0) is 14.1. The summed E-state index contributed by atoms with van der Waals surface area (Å²) in [6.45, 7) is 0.649. The molecule has 3 rings (SSSR count). The second-order valence-electron chi connectivity index (χ2n) is 4.75. The van der Waals surface area contributed by atoms with E-state index in [2.05, 4.69) is 4.98 Å². The van der Waals surface area contributed by atoms with Crippen molar-refractivity contribution in [1.82, 2.24) is 14.8 Å². The number of hydrogen-bond acceptors (Lipinski definition) is 5. The Labute approximate surface area is 115 Å². The number of carbonyl (C=O) groups excluding carboxylic acids is 3. The van der Waals surface area contributed by atoms with Crippen LogP contribution in [-0.4, -0.2) is 58.4 Å². The van der Waals surface area contributed by atoms with Crippen molar-refractivity contribution in [2.45, 2.75) is 12.5 Å². The van der Waals surface area contributed by atoms with Crippen molar-refractivity contribution in [3.05, 3.63) is 30.1 Å². The highest BCUT2D eigenvalue weighted by molar-refractivity contribution is 5.98. The van der Waals surface area contributed by atoms with Crippen molar-refractivity contribution in [3.8, 4) is 0 Å². The highest BCUT2D eigenvalue weighted by Crippen LogP contribution is 2.21. The van der Waals surface area contributed by atoms with Gasteiger partial charge in [-0.05, 0) is 18.6 Å². The van der Waals surface area contributed by atoms with Crippen LogP contribution in [0.3, 0.4) is 0 Å². The van der Waals surface area contributed by atoms with Gasteiger partial charge in [-0.1, -0.05) is 0 Å². The van der Waals surface area contributed by atoms with Crippen LogP contribution in [0.25, 0.3) is 0 Å². The Morgan fingerprint density at radius 1 is 1.40 bits per heavy atom. The maximum atomic E-state index is 12.2. The maximum Gasteiger partial charge on any atom is 0.417 e. The van der Waals surface area contributed by atoms with Gasteiger partial charge in [-0.3, -0.25) is 14.6 Å². The Hall–Kier alpha value is -2.44. The second kappa shape index (κ2) is 4.92. The van der Waals surface area contributed by atoms with Crippen LogP contribution in [0.2, 0.25) is 0 Å². The molecule has 0 saturated carbocycles. The molecule has 0 unspecified atom stereocenters. The first-order valence-corrected chi connectivity index (χ1v) is 6.35. The Morgan fingerprint density at radius 3 is 2.90 bits per heavy atom. The highest BCUT2D eigenvalue weighted by atomic mass is 16.6. The van der Waals surface area contributed by atoms with Gasteiger partial charge in [0.2, 0.25) is 0 Å². The van der Waals surface area contributed by atoms with Crippen LogP contribution < -0.4 is 0 Å². The summed E-state index contributed by atoms with van der Waals surface area (Å²) in [6, 6.07) is 3.10. The Morgan fingerprint density at radius 2 is 2.25 bits per heavy atom. The van der Waals surface area contributed by atoms with Gasteiger partial charge in [0.05, 0.1) is 11.6 Å². The smallest absolute Gasteiger partial charge is 0.417 e.